The van der Waals surface area contributed by atoms with Crippen molar-refractivity contribution in [2.45, 2.75) is 57.9 Å². The first-order valence-corrected chi connectivity index (χ1v) is 11.4. The Kier molecular flexibility index (Phi) is 7.24. The number of aromatic nitrogens is 1. The second-order valence-electron chi connectivity index (χ2n) is 8.08. The Morgan fingerprint density at radius 3 is 1.73 bits per heavy atom. The Bertz CT molecular complexity index is 1070. The predicted octanol–water partition coefficient (Wildman–Crippen LogP) is 7.97. The maximum atomic E-state index is 3.30. The van der Waals surface area contributed by atoms with Crippen LogP contribution >= 0.6 is 0 Å². The van der Waals surface area contributed by atoms with Crippen LogP contribution in [-0.4, -0.2) is 4.57 Å². The standard InChI is InChI=1S/C29H31N/c1(2-4-6-9-17-25-18-10-8-11-19-25)3-5-7-16-24-30-28-22-14-12-20-26(28)27-21-13-15-23-29(27)30/h8,10-15,18-23H,1-7,16,24H2. The van der Waals surface area contributed by atoms with E-state index in [1.807, 2.05) is 18.2 Å². The summed E-state index contributed by atoms with van der Waals surface area (Å²) >= 11 is 0. The minimum absolute atomic E-state index is 1.02. The molecule has 3 aromatic carbocycles. The molecule has 1 aromatic heterocycles. The van der Waals surface area contributed by atoms with Crippen LogP contribution in [0.3, 0.4) is 0 Å². The van der Waals surface area contributed by atoms with Crippen LogP contribution in [-0.2, 0) is 6.54 Å². The van der Waals surface area contributed by atoms with Crippen molar-refractivity contribution in [3.05, 3.63) is 84.4 Å². The number of nitrogens with zero attached hydrogens (tertiary/aromatic N) is 1. The number of hydrogen-bond acceptors (Lipinski definition) is 0. The molecule has 152 valence electrons. The summed E-state index contributed by atoms with van der Waals surface area (Å²) in [7, 11) is 0. The highest BCUT2D eigenvalue weighted by molar-refractivity contribution is 6.07. The van der Waals surface area contributed by atoms with E-state index < -0.39 is 0 Å². The highest BCUT2D eigenvalue weighted by atomic mass is 15.0. The van der Waals surface area contributed by atoms with Crippen molar-refractivity contribution in [1.29, 1.82) is 0 Å². The summed E-state index contributed by atoms with van der Waals surface area (Å²) in [5, 5.41) is 2.76. The SMILES string of the molecule is C(#Cc1ccccc1)CCCCCCCCCn1c2ccccc2c2ccccc21. The number of unbranched alkanes of at least 4 members (excludes halogenated alkanes) is 7. The summed E-state index contributed by atoms with van der Waals surface area (Å²) in [4.78, 5) is 0. The van der Waals surface area contributed by atoms with E-state index in [1.54, 1.807) is 0 Å². The molecule has 0 N–H and O–H groups in total. The molecule has 0 aliphatic heterocycles. The molecule has 0 spiro atoms. The second-order valence-corrected chi connectivity index (χ2v) is 8.08. The minimum atomic E-state index is 1.02. The fraction of sp³-hybridized carbons (Fsp3) is 0.310. The normalized spacial score (nSPS) is 10.9. The minimum Gasteiger partial charge on any atom is -0.340 e. The van der Waals surface area contributed by atoms with Crippen molar-refractivity contribution >= 4 is 21.8 Å². The Balaban J connectivity index is 1.15. The lowest BCUT2D eigenvalue weighted by molar-refractivity contribution is 0.557. The second kappa shape index (κ2) is 10.7. The van der Waals surface area contributed by atoms with E-state index in [4.69, 9.17) is 0 Å². The quantitative estimate of drug-likeness (QED) is 0.201. The lowest BCUT2D eigenvalue weighted by Gasteiger charge is -2.07. The fourth-order valence-electron chi connectivity index (χ4n) is 4.30. The van der Waals surface area contributed by atoms with Gasteiger partial charge < -0.3 is 4.57 Å². The molecule has 0 bridgehead atoms. The number of hydrogen-bond donors (Lipinski definition) is 0. The zero-order chi connectivity index (χ0) is 20.4. The average molecular weight is 394 g/mol. The number of para-hydroxylation sites is 2. The van der Waals surface area contributed by atoms with Crippen LogP contribution in [0.4, 0.5) is 0 Å². The van der Waals surface area contributed by atoms with Gasteiger partial charge in [-0.15, -0.1) is 0 Å². The van der Waals surface area contributed by atoms with E-state index in [9.17, 15) is 0 Å². The summed E-state index contributed by atoms with van der Waals surface area (Å²) in [5.41, 5.74) is 3.87. The van der Waals surface area contributed by atoms with Crippen LogP contribution in [0.15, 0.2) is 78.9 Å². The smallest absolute Gasteiger partial charge is 0.0491 e. The molecule has 1 heteroatoms. The highest BCUT2D eigenvalue weighted by Gasteiger charge is 2.08. The summed E-state index contributed by atoms with van der Waals surface area (Å²) in [5.74, 6) is 6.55. The van der Waals surface area contributed by atoms with Gasteiger partial charge in [-0.3, -0.25) is 0 Å². The third-order valence-electron chi connectivity index (χ3n) is 5.87. The van der Waals surface area contributed by atoms with Gasteiger partial charge in [-0.1, -0.05) is 98.5 Å². The molecule has 4 aromatic rings. The molecule has 1 heterocycles. The van der Waals surface area contributed by atoms with Crippen LogP contribution in [0.5, 0.6) is 0 Å². The first-order valence-electron chi connectivity index (χ1n) is 11.4. The molecule has 0 radical (unpaired) electrons. The van der Waals surface area contributed by atoms with Crippen molar-refractivity contribution in [2.75, 3.05) is 0 Å². The number of benzene rings is 3. The third-order valence-corrected chi connectivity index (χ3v) is 5.87. The first-order chi connectivity index (χ1) is 14.9. The maximum Gasteiger partial charge on any atom is 0.0491 e. The molecule has 0 saturated heterocycles. The van der Waals surface area contributed by atoms with Crippen molar-refractivity contribution in [3.63, 3.8) is 0 Å². The zero-order valence-corrected chi connectivity index (χ0v) is 17.8. The summed E-state index contributed by atoms with van der Waals surface area (Å²) < 4.78 is 2.51. The Morgan fingerprint density at radius 1 is 0.533 bits per heavy atom. The average Bonchev–Trinajstić information content (AvgIpc) is 3.12. The van der Waals surface area contributed by atoms with Gasteiger partial charge in [0, 0.05) is 40.3 Å². The summed E-state index contributed by atoms with van der Waals surface area (Å²) in [6, 6.07) is 27.9. The molecule has 4 rings (SSSR count). The van der Waals surface area contributed by atoms with E-state index in [0.29, 0.717) is 0 Å². The van der Waals surface area contributed by atoms with Gasteiger partial charge in [-0.05, 0) is 37.1 Å². The van der Waals surface area contributed by atoms with E-state index in [2.05, 4.69) is 77.1 Å². The van der Waals surface area contributed by atoms with Crippen molar-refractivity contribution < 1.29 is 0 Å². The highest BCUT2D eigenvalue weighted by Crippen LogP contribution is 2.29. The van der Waals surface area contributed by atoms with Gasteiger partial charge in [-0.25, -0.2) is 0 Å². The Hall–Kier alpha value is -2.98. The monoisotopic (exact) mass is 393 g/mol. The van der Waals surface area contributed by atoms with Crippen molar-refractivity contribution in [2.24, 2.45) is 0 Å². The van der Waals surface area contributed by atoms with Gasteiger partial charge in [0.25, 0.3) is 0 Å². The molecule has 0 aliphatic carbocycles. The molecular weight excluding hydrogens is 362 g/mol. The number of aryl methyl sites for hydroxylation is 1. The van der Waals surface area contributed by atoms with Crippen molar-refractivity contribution in [1.82, 2.24) is 4.57 Å². The summed E-state index contributed by atoms with van der Waals surface area (Å²) in [6.07, 6.45) is 10.1. The largest absolute Gasteiger partial charge is 0.340 e. The maximum absolute atomic E-state index is 3.30. The molecule has 0 atom stereocenters. The number of fused-ring (bicyclic) bond motifs is 3. The number of rotatable bonds is 9. The molecule has 0 amide bonds. The molecule has 0 aliphatic rings. The van der Waals surface area contributed by atoms with Gasteiger partial charge in [0.15, 0.2) is 0 Å². The lowest BCUT2D eigenvalue weighted by Crippen LogP contribution is -1.97. The van der Waals surface area contributed by atoms with E-state index in [1.165, 1.54) is 66.8 Å². The van der Waals surface area contributed by atoms with E-state index >= 15 is 0 Å². The Labute approximate surface area is 180 Å². The first kappa shape index (κ1) is 20.3. The lowest BCUT2D eigenvalue weighted by atomic mass is 10.1. The van der Waals surface area contributed by atoms with Crippen LogP contribution in [0.1, 0.15) is 56.9 Å². The molecule has 0 fully saturated rings. The van der Waals surface area contributed by atoms with Gasteiger partial charge in [0.2, 0.25) is 0 Å². The van der Waals surface area contributed by atoms with Gasteiger partial charge >= 0.3 is 0 Å². The molecule has 30 heavy (non-hydrogen) atoms. The van der Waals surface area contributed by atoms with Gasteiger partial charge in [-0.2, -0.15) is 0 Å². The molecule has 1 nitrogen and oxygen atoms in total. The van der Waals surface area contributed by atoms with E-state index in [0.717, 1.165) is 18.5 Å². The van der Waals surface area contributed by atoms with Crippen LogP contribution in [0, 0.1) is 11.8 Å². The Morgan fingerprint density at radius 2 is 1.07 bits per heavy atom. The van der Waals surface area contributed by atoms with Gasteiger partial charge in [0.1, 0.15) is 0 Å². The van der Waals surface area contributed by atoms with Crippen molar-refractivity contribution in [3.8, 4) is 11.8 Å². The fourth-order valence-corrected chi connectivity index (χ4v) is 4.30. The van der Waals surface area contributed by atoms with Crippen LogP contribution in [0.2, 0.25) is 0 Å². The molecule has 0 saturated carbocycles. The van der Waals surface area contributed by atoms with Gasteiger partial charge in [0.05, 0.1) is 0 Å². The summed E-state index contributed by atoms with van der Waals surface area (Å²) in [6.45, 7) is 1.11. The van der Waals surface area contributed by atoms with E-state index in [-0.39, 0.29) is 0 Å². The topological polar surface area (TPSA) is 4.93 Å². The van der Waals surface area contributed by atoms with Crippen LogP contribution < -0.4 is 0 Å². The van der Waals surface area contributed by atoms with Crippen LogP contribution in [0.25, 0.3) is 21.8 Å². The predicted molar refractivity (Wildman–Crippen MR) is 130 cm³/mol. The molecule has 0 unspecified atom stereocenters. The third kappa shape index (κ3) is 5.14. The zero-order valence-electron chi connectivity index (χ0n) is 17.8. The molecular formula is C29H31N.